The average molecular weight is 502 g/mol. The van der Waals surface area contributed by atoms with Crippen molar-refractivity contribution in [3.8, 4) is 5.75 Å². The fourth-order valence-electron chi connectivity index (χ4n) is 4.73. The van der Waals surface area contributed by atoms with Gasteiger partial charge in [0.15, 0.2) is 0 Å². The number of hydrogen-bond acceptors (Lipinski definition) is 6. The van der Waals surface area contributed by atoms with Gasteiger partial charge in [0.2, 0.25) is 0 Å². The van der Waals surface area contributed by atoms with Gasteiger partial charge in [0, 0.05) is 36.0 Å². The van der Waals surface area contributed by atoms with Crippen LogP contribution in [0.25, 0.3) is 10.9 Å². The predicted molar refractivity (Wildman–Crippen MR) is 132 cm³/mol. The summed E-state index contributed by atoms with van der Waals surface area (Å²) >= 11 is 1.64. The van der Waals surface area contributed by atoms with E-state index in [-0.39, 0.29) is 17.9 Å². The minimum atomic E-state index is -1.56. The van der Waals surface area contributed by atoms with Crippen molar-refractivity contribution in [2.45, 2.75) is 30.5 Å². The highest BCUT2D eigenvalue weighted by molar-refractivity contribution is 7.99. The van der Waals surface area contributed by atoms with Crippen LogP contribution in [-0.4, -0.2) is 58.4 Å². The fourth-order valence-corrected chi connectivity index (χ4v) is 5.59. The number of fused-ring (bicyclic) bond motifs is 1. The second-order valence-corrected chi connectivity index (χ2v) is 9.87. The Labute approximate surface area is 207 Å². The van der Waals surface area contributed by atoms with Gasteiger partial charge in [-0.15, -0.1) is 11.8 Å². The molecule has 1 aromatic carbocycles. The van der Waals surface area contributed by atoms with Gasteiger partial charge in [-0.1, -0.05) is 6.07 Å². The third-order valence-corrected chi connectivity index (χ3v) is 7.55. The minimum Gasteiger partial charge on any atom is -0.497 e. The van der Waals surface area contributed by atoms with E-state index in [1.54, 1.807) is 36.2 Å². The highest BCUT2D eigenvalue weighted by Crippen LogP contribution is 2.36. The number of piperidine rings is 1. The van der Waals surface area contributed by atoms with Crippen LogP contribution < -0.4 is 4.74 Å². The summed E-state index contributed by atoms with van der Waals surface area (Å²) in [4.78, 5) is 22.5. The maximum Gasteiger partial charge on any atom is 0.308 e. The summed E-state index contributed by atoms with van der Waals surface area (Å²) in [5, 5.41) is 11.2. The molecule has 2 aromatic heterocycles. The molecule has 0 amide bonds. The molecule has 4 rings (SSSR count). The van der Waals surface area contributed by atoms with Crippen LogP contribution in [0.3, 0.4) is 0 Å². The minimum absolute atomic E-state index is 0.0373. The monoisotopic (exact) mass is 501 g/mol. The number of benzene rings is 1. The molecule has 35 heavy (non-hydrogen) atoms. The molecule has 1 fully saturated rings. The van der Waals surface area contributed by atoms with Crippen molar-refractivity contribution in [2.24, 2.45) is 11.8 Å². The first-order valence-corrected chi connectivity index (χ1v) is 12.7. The number of aromatic nitrogens is 2. The van der Waals surface area contributed by atoms with Crippen molar-refractivity contribution < 1.29 is 23.4 Å². The maximum atomic E-state index is 15.4. The van der Waals surface area contributed by atoms with E-state index in [0.717, 1.165) is 30.1 Å². The first kappa shape index (κ1) is 25.3. The molecule has 3 atom stereocenters. The van der Waals surface area contributed by atoms with Crippen LogP contribution in [0.2, 0.25) is 0 Å². The van der Waals surface area contributed by atoms with Gasteiger partial charge in [-0.3, -0.25) is 9.78 Å². The average Bonchev–Trinajstić information content (AvgIpc) is 2.87. The molecule has 186 valence electrons. The molecule has 0 spiro atoms. The third-order valence-electron chi connectivity index (χ3n) is 6.62. The maximum absolute atomic E-state index is 15.4. The van der Waals surface area contributed by atoms with Gasteiger partial charge in [-0.2, -0.15) is 0 Å². The van der Waals surface area contributed by atoms with Gasteiger partial charge in [-0.25, -0.2) is 13.8 Å². The number of halogens is 2. The van der Waals surface area contributed by atoms with E-state index in [2.05, 4.69) is 14.9 Å². The van der Waals surface area contributed by atoms with E-state index in [1.807, 2.05) is 18.2 Å². The van der Waals surface area contributed by atoms with Crippen LogP contribution in [0, 0.1) is 17.7 Å². The van der Waals surface area contributed by atoms with E-state index in [0.29, 0.717) is 36.0 Å². The molecule has 3 heterocycles. The molecular weight excluding hydrogens is 472 g/mol. The standard InChI is InChI=1S/C26H29F2N3O3S/c1-34-18-6-8-23-19(14-18)25(22(28)15-30-23)21(27)7-5-17-9-11-31(16-20(17)26(32)33)12-13-35-24-4-2-3-10-29-24/h2-4,6,8,10,14-15,17,20-21H,5,7,9,11-13,16H2,1H3,(H,32,33)/t17?,20?,21-/m1/s1. The Morgan fingerprint density at radius 1 is 1.31 bits per heavy atom. The Kier molecular flexibility index (Phi) is 8.51. The number of carboxylic acid groups (broad SMARTS) is 1. The molecule has 6 nitrogen and oxygen atoms in total. The Morgan fingerprint density at radius 2 is 2.17 bits per heavy atom. The largest absolute Gasteiger partial charge is 0.497 e. The molecule has 0 aliphatic carbocycles. The zero-order chi connectivity index (χ0) is 24.8. The van der Waals surface area contributed by atoms with Gasteiger partial charge in [0.25, 0.3) is 0 Å². The zero-order valence-electron chi connectivity index (χ0n) is 19.6. The Balaban J connectivity index is 1.37. The van der Waals surface area contributed by atoms with Gasteiger partial charge >= 0.3 is 5.97 Å². The first-order chi connectivity index (χ1) is 17.0. The summed E-state index contributed by atoms with van der Waals surface area (Å²) in [6.07, 6.45) is 2.33. The summed E-state index contributed by atoms with van der Waals surface area (Å²) in [5.74, 6) is -0.978. The van der Waals surface area contributed by atoms with E-state index < -0.39 is 23.9 Å². The smallest absolute Gasteiger partial charge is 0.308 e. The number of carbonyl (C=O) groups is 1. The van der Waals surface area contributed by atoms with Crippen LogP contribution in [-0.2, 0) is 4.79 Å². The van der Waals surface area contributed by atoms with Crippen LogP contribution in [0.5, 0.6) is 5.75 Å². The number of rotatable bonds is 10. The number of ether oxygens (including phenoxy) is 1. The van der Waals surface area contributed by atoms with Gasteiger partial charge in [0.1, 0.15) is 17.7 Å². The highest BCUT2D eigenvalue weighted by atomic mass is 32.2. The summed E-state index contributed by atoms with van der Waals surface area (Å²) in [6.45, 7) is 1.96. The van der Waals surface area contributed by atoms with Crippen molar-refractivity contribution in [1.29, 1.82) is 0 Å². The number of likely N-dealkylation sites (tertiary alicyclic amines) is 1. The second kappa shape index (κ2) is 11.8. The Bertz CT molecular complexity index is 1150. The number of hydrogen-bond donors (Lipinski definition) is 1. The summed E-state index contributed by atoms with van der Waals surface area (Å²) in [7, 11) is 1.50. The van der Waals surface area contributed by atoms with Crippen LogP contribution >= 0.6 is 11.8 Å². The van der Waals surface area contributed by atoms with Crippen molar-refractivity contribution in [2.75, 3.05) is 32.5 Å². The van der Waals surface area contributed by atoms with Crippen LogP contribution in [0.4, 0.5) is 8.78 Å². The summed E-state index contributed by atoms with van der Waals surface area (Å²) in [5.41, 5.74) is 0.454. The van der Waals surface area contributed by atoms with Gasteiger partial charge < -0.3 is 14.7 Å². The highest BCUT2D eigenvalue weighted by Gasteiger charge is 2.34. The second-order valence-electron chi connectivity index (χ2n) is 8.76. The Morgan fingerprint density at radius 3 is 2.91 bits per heavy atom. The van der Waals surface area contributed by atoms with Crippen molar-refractivity contribution in [3.05, 3.63) is 60.2 Å². The molecule has 1 saturated heterocycles. The SMILES string of the molecule is COc1ccc2ncc(F)c([C@H](F)CCC3CCN(CCSc4ccccn4)CC3C(=O)O)c2c1. The number of aliphatic carboxylic acids is 1. The van der Waals surface area contributed by atoms with E-state index in [4.69, 9.17) is 4.74 Å². The topological polar surface area (TPSA) is 75.5 Å². The number of methoxy groups -OCH3 is 1. The number of thioether (sulfide) groups is 1. The van der Waals surface area contributed by atoms with E-state index >= 15 is 4.39 Å². The molecular formula is C26H29F2N3O3S. The molecule has 0 bridgehead atoms. The fraction of sp³-hybridized carbons (Fsp3) is 0.423. The van der Waals surface area contributed by atoms with Crippen molar-refractivity contribution >= 4 is 28.6 Å². The number of nitrogens with zero attached hydrogens (tertiary/aromatic N) is 3. The molecule has 9 heteroatoms. The molecule has 3 aromatic rings. The van der Waals surface area contributed by atoms with Gasteiger partial charge in [-0.05, 0) is 62.1 Å². The number of carboxylic acids is 1. The zero-order valence-corrected chi connectivity index (χ0v) is 20.4. The molecule has 2 unspecified atom stereocenters. The van der Waals surface area contributed by atoms with E-state index in [1.165, 1.54) is 7.11 Å². The normalized spacial score (nSPS) is 19.5. The first-order valence-electron chi connectivity index (χ1n) is 11.7. The lowest BCUT2D eigenvalue weighted by Crippen LogP contribution is -2.44. The Hall–Kier alpha value is -2.78. The lowest BCUT2D eigenvalue weighted by Gasteiger charge is -2.36. The van der Waals surface area contributed by atoms with Crippen LogP contribution in [0.15, 0.2) is 53.8 Å². The third kappa shape index (κ3) is 6.27. The molecule has 1 N–H and O–H groups in total. The van der Waals surface area contributed by atoms with Crippen molar-refractivity contribution in [3.63, 3.8) is 0 Å². The molecule has 0 radical (unpaired) electrons. The number of alkyl halides is 1. The number of pyridine rings is 2. The molecule has 0 saturated carbocycles. The predicted octanol–water partition coefficient (Wildman–Crippen LogP) is 5.38. The summed E-state index contributed by atoms with van der Waals surface area (Å²) in [6, 6.07) is 10.7. The lowest BCUT2D eigenvalue weighted by atomic mass is 9.81. The quantitative estimate of drug-likeness (QED) is 0.374. The van der Waals surface area contributed by atoms with Crippen LogP contribution in [0.1, 0.15) is 31.0 Å². The van der Waals surface area contributed by atoms with Crippen molar-refractivity contribution in [1.82, 2.24) is 14.9 Å². The summed E-state index contributed by atoms with van der Waals surface area (Å²) < 4.78 is 35.2. The molecule has 1 aliphatic rings. The lowest BCUT2D eigenvalue weighted by molar-refractivity contribution is -0.146. The molecule has 1 aliphatic heterocycles. The van der Waals surface area contributed by atoms with Gasteiger partial charge in [0.05, 0.1) is 29.8 Å². The van der Waals surface area contributed by atoms with E-state index in [9.17, 15) is 14.3 Å².